The summed E-state index contributed by atoms with van der Waals surface area (Å²) in [5.41, 5.74) is 3.28. The third-order valence-corrected chi connectivity index (χ3v) is 8.30. The number of carbonyl (C=O) groups excluding carboxylic acids is 2. The van der Waals surface area contributed by atoms with E-state index in [0.29, 0.717) is 34.6 Å². The molecule has 44 heavy (non-hydrogen) atoms. The van der Waals surface area contributed by atoms with Gasteiger partial charge in [-0.25, -0.2) is 4.79 Å². The first-order valence-electron chi connectivity index (χ1n) is 14.2. The van der Waals surface area contributed by atoms with Crippen molar-refractivity contribution in [3.8, 4) is 11.1 Å². The number of piperazine rings is 1. The Balaban J connectivity index is 1.31. The fraction of sp³-hybridized carbons (Fsp3) is 0.242. The van der Waals surface area contributed by atoms with E-state index < -0.39 is 17.8 Å². The number of hydrogen-bond donors (Lipinski definition) is 1. The first kappa shape index (κ1) is 29.0. The second-order valence-electron chi connectivity index (χ2n) is 11.0. The van der Waals surface area contributed by atoms with Gasteiger partial charge in [0.15, 0.2) is 0 Å². The van der Waals surface area contributed by atoms with Gasteiger partial charge in [0.05, 0.1) is 18.7 Å². The topological polar surface area (TPSA) is 86.1 Å². The highest BCUT2D eigenvalue weighted by Crippen LogP contribution is 2.38. The highest BCUT2D eigenvalue weighted by molar-refractivity contribution is 6.07. The van der Waals surface area contributed by atoms with Crippen molar-refractivity contribution >= 4 is 23.6 Å². The molecule has 0 bridgehead atoms. The van der Waals surface area contributed by atoms with Crippen LogP contribution in [0.5, 0.6) is 0 Å². The summed E-state index contributed by atoms with van der Waals surface area (Å²) < 4.78 is 43.0. The van der Waals surface area contributed by atoms with Crippen LogP contribution in [0.1, 0.15) is 43.2 Å². The number of aryl methyl sites for hydroxylation is 1. The molecule has 226 valence electrons. The fourth-order valence-corrected chi connectivity index (χ4v) is 6.01. The molecule has 0 aliphatic carbocycles. The van der Waals surface area contributed by atoms with Gasteiger partial charge in [0, 0.05) is 43.1 Å². The van der Waals surface area contributed by atoms with E-state index in [0.717, 1.165) is 17.3 Å². The van der Waals surface area contributed by atoms with Gasteiger partial charge in [0.25, 0.3) is 11.8 Å². The van der Waals surface area contributed by atoms with Crippen LogP contribution in [0.25, 0.3) is 11.1 Å². The Morgan fingerprint density at radius 2 is 1.43 bits per heavy atom. The number of carboxylic acid groups (broad SMARTS) is 1. The van der Waals surface area contributed by atoms with Crippen LogP contribution in [0.2, 0.25) is 0 Å². The maximum Gasteiger partial charge on any atom is 0.417 e. The molecule has 4 aromatic rings. The average molecular weight is 603 g/mol. The Morgan fingerprint density at radius 1 is 0.750 bits per heavy atom. The molecule has 3 amide bonds. The maximum atomic E-state index is 14.0. The van der Waals surface area contributed by atoms with Crippen molar-refractivity contribution in [2.24, 2.45) is 0 Å². The summed E-state index contributed by atoms with van der Waals surface area (Å²) in [6.45, 7) is 3.26. The number of anilines is 1. The van der Waals surface area contributed by atoms with E-state index in [1.165, 1.54) is 17.0 Å². The van der Waals surface area contributed by atoms with Crippen LogP contribution in [0.15, 0.2) is 78.9 Å². The Morgan fingerprint density at radius 3 is 2.14 bits per heavy atom. The molecule has 0 radical (unpaired) electrons. The minimum absolute atomic E-state index is 0.0519. The van der Waals surface area contributed by atoms with E-state index in [1.54, 1.807) is 47.1 Å². The molecule has 6 rings (SSSR count). The lowest BCUT2D eigenvalue weighted by Gasteiger charge is -2.33. The molecule has 2 aliphatic heterocycles. The predicted molar refractivity (Wildman–Crippen MR) is 158 cm³/mol. The molecule has 0 atom stereocenters. The van der Waals surface area contributed by atoms with Crippen molar-refractivity contribution in [1.29, 1.82) is 0 Å². The van der Waals surface area contributed by atoms with Gasteiger partial charge in [-0.15, -0.1) is 0 Å². The van der Waals surface area contributed by atoms with Crippen molar-refractivity contribution < 1.29 is 32.7 Å². The summed E-state index contributed by atoms with van der Waals surface area (Å²) in [7, 11) is 0. The number of aromatic nitrogens is 1. The number of amides is 3. The van der Waals surface area contributed by atoms with E-state index in [1.807, 2.05) is 34.9 Å². The van der Waals surface area contributed by atoms with Crippen LogP contribution in [-0.4, -0.2) is 63.6 Å². The number of halogens is 3. The van der Waals surface area contributed by atoms with E-state index in [9.17, 15) is 32.7 Å². The monoisotopic (exact) mass is 602 g/mol. The third-order valence-electron chi connectivity index (χ3n) is 8.30. The summed E-state index contributed by atoms with van der Waals surface area (Å²) in [6, 6.07) is 21.1. The minimum Gasteiger partial charge on any atom is -0.465 e. The lowest BCUT2D eigenvalue weighted by atomic mass is 9.94. The summed E-state index contributed by atoms with van der Waals surface area (Å²) in [5, 5.41) is 9.25. The van der Waals surface area contributed by atoms with E-state index in [2.05, 4.69) is 0 Å². The van der Waals surface area contributed by atoms with Crippen LogP contribution in [-0.2, 0) is 19.3 Å². The third kappa shape index (κ3) is 5.29. The molecule has 0 spiro atoms. The summed E-state index contributed by atoms with van der Waals surface area (Å²) >= 11 is 0. The molecule has 0 unspecified atom stereocenters. The zero-order chi connectivity index (χ0) is 31.2. The normalized spacial score (nSPS) is 15.0. The van der Waals surface area contributed by atoms with Crippen molar-refractivity contribution in [3.63, 3.8) is 0 Å². The van der Waals surface area contributed by atoms with Crippen molar-refractivity contribution in [2.75, 3.05) is 31.1 Å². The molecule has 1 fully saturated rings. The largest absolute Gasteiger partial charge is 0.465 e. The summed E-state index contributed by atoms with van der Waals surface area (Å²) in [6.07, 6.45) is -5.53. The molecule has 3 aromatic carbocycles. The molecule has 8 nitrogen and oxygen atoms in total. The standard InChI is InChI=1S/C33H29F3N4O4/c1-21-18-22(10-12-25(21)26-7-3-4-8-27(26)33(34,35)36)30(41)40-20-24-11-13-29(39(24)19-23-6-2-5-9-28(23)40)31(42)37-14-16-38(17-15-37)32(43)44/h2-13,18H,14-17,19-20H2,1H3,(H,43,44). The first-order valence-corrected chi connectivity index (χ1v) is 14.2. The molecular weight excluding hydrogens is 573 g/mol. The molecular formula is C33H29F3N4O4. The first-order chi connectivity index (χ1) is 21.0. The van der Waals surface area contributed by atoms with Crippen LogP contribution < -0.4 is 4.90 Å². The van der Waals surface area contributed by atoms with Crippen LogP contribution in [0, 0.1) is 6.92 Å². The molecule has 0 saturated carbocycles. The Bertz CT molecular complexity index is 1770. The van der Waals surface area contributed by atoms with Gasteiger partial charge in [-0.05, 0) is 65.6 Å². The lowest BCUT2D eigenvalue weighted by Crippen LogP contribution is -2.50. The SMILES string of the molecule is Cc1cc(C(=O)N2Cc3ccc(C(=O)N4CCN(C(=O)O)CC4)n3Cc3ccccc32)ccc1-c1ccccc1C(F)(F)F. The Kier molecular flexibility index (Phi) is 7.40. The summed E-state index contributed by atoms with van der Waals surface area (Å²) in [4.78, 5) is 43.4. The van der Waals surface area contributed by atoms with Crippen LogP contribution in [0.3, 0.4) is 0 Å². The Hall–Kier alpha value is -5.06. The quantitative estimate of drug-likeness (QED) is 0.306. The highest BCUT2D eigenvalue weighted by Gasteiger charge is 2.34. The van der Waals surface area contributed by atoms with E-state index in [-0.39, 0.29) is 50.1 Å². The fourth-order valence-electron chi connectivity index (χ4n) is 6.01. The number of para-hydroxylation sites is 1. The number of hydrogen-bond acceptors (Lipinski definition) is 3. The van der Waals surface area contributed by atoms with Gasteiger partial charge in [-0.2, -0.15) is 13.2 Å². The van der Waals surface area contributed by atoms with Gasteiger partial charge < -0.3 is 24.4 Å². The second kappa shape index (κ2) is 11.2. The van der Waals surface area contributed by atoms with E-state index >= 15 is 0 Å². The predicted octanol–water partition coefficient (Wildman–Crippen LogP) is 6.13. The van der Waals surface area contributed by atoms with Crippen LogP contribution >= 0.6 is 0 Å². The van der Waals surface area contributed by atoms with Crippen LogP contribution in [0.4, 0.5) is 23.7 Å². The van der Waals surface area contributed by atoms with Crippen molar-refractivity contribution in [3.05, 3.63) is 113 Å². The highest BCUT2D eigenvalue weighted by atomic mass is 19.4. The molecule has 1 N–H and O–H groups in total. The zero-order valence-electron chi connectivity index (χ0n) is 23.8. The van der Waals surface area contributed by atoms with Crippen molar-refractivity contribution in [1.82, 2.24) is 14.4 Å². The summed E-state index contributed by atoms with van der Waals surface area (Å²) in [5.74, 6) is -0.521. The van der Waals surface area contributed by atoms with Gasteiger partial charge in [-0.3, -0.25) is 9.59 Å². The number of fused-ring (bicyclic) bond motifs is 2. The number of rotatable bonds is 3. The number of alkyl halides is 3. The number of benzene rings is 3. The number of nitrogens with zero attached hydrogens (tertiary/aromatic N) is 4. The average Bonchev–Trinajstić information content (AvgIpc) is 3.32. The zero-order valence-corrected chi connectivity index (χ0v) is 23.8. The molecule has 1 saturated heterocycles. The molecule has 3 heterocycles. The van der Waals surface area contributed by atoms with Gasteiger partial charge in [0.2, 0.25) is 0 Å². The second-order valence-corrected chi connectivity index (χ2v) is 11.0. The Labute approximate surface area is 251 Å². The lowest BCUT2D eigenvalue weighted by molar-refractivity contribution is -0.137. The molecule has 2 aliphatic rings. The van der Waals surface area contributed by atoms with Gasteiger partial charge >= 0.3 is 12.3 Å². The molecule has 1 aromatic heterocycles. The van der Waals surface area contributed by atoms with Crippen molar-refractivity contribution in [2.45, 2.75) is 26.2 Å². The van der Waals surface area contributed by atoms with Gasteiger partial charge in [-0.1, -0.05) is 42.5 Å². The van der Waals surface area contributed by atoms with Gasteiger partial charge in [0.1, 0.15) is 5.69 Å². The van der Waals surface area contributed by atoms with E-state index in [4.69, 9.17) is 0 Å². The minimum atomic E-state index is -4.52. The molecule has 11 heteroatoms. The maximum absolute atomic E-state index is 14.0. The smallest absolute Gasteiger partial charge is 0.417 e. The number of carbonyl (C=O) groups is 3.